The van der Waals surface area contributed by atoms with Crippen molar-refractivity contribution < 1.29 is 52.5 Å². The average molecular weight is 558 g/mol. The van der Waals surface area contributed by atoms with Crippen LogP contribution in [0, 0.1) is 19.3 Å². The Labute approximate surface area is 227 Å². The number of nitrogens with one attached hydrogen (secondary N) is 1. The fraction of sp³-hybridized carbons (Fsp3) is 0.385. The fourth-order valence-electron chi connectivity index (χ4n) is 4.41. The molecule has 3 heterocycles. The number of aryl methyl sites for hydroxylation is 1. The second-order valence-electron chi connectivity index (χ2n) is 8.89. The molecule has 0 unspecified atom stereocenters. The zero-order valence-electron chi connectivity index (χ0n) is 21.9. The number of methoxy groups -OCH3 is 1. The SMILES string of the molecule is C#CCONC(=O)O/N=C(\C)c1c(O)c2ccc(O[C@@H]3O[C@@](C)(C=C)[C@H](OC)[C@H]4OC(=O)O[C@@H]34)c(C)c2oc1=O. The van der Waals surface area contributed by atoms with Gasteiger partial charge in [0.2, 0.25) is 12.4 Å². The number of hydrogen-bond donors (Lipinski definition) is 2. The van der Waals surface area contributed by atoms with E-state index in [2.05, 4.69) is 27.3 Å². The van der Waals surface area contributed by atoms with Gasteiger partial charge < -0.3 is 33.2 Å². The van der Waals surface area contributed by atoms with Gasteiger partial charge in [-0.1, -0.05) is 17.2 Å². The first kappa shape index (κ1) is 28.4. The number of aromatic hydroxyl groups is 1. The number of benzene rings is 1. The van der Waals surface area contributed by atoms with Crippen LogP contribution in [0.25, 0.3) is 11.0 Å². The molecule has 212 valence electrons. The summed E-state index contributed by atoms with van der Waals surface area (Å²) in [6.07, 6.45) is 0.806. The first-order valence-corrected chi connectivity index (χ1v) is 11.8. The van der Waals surface area contributed by atoms with E-state index in [0.717, 1.165) is 0 Å². The molecule has 4 rings (SSSR count). The summed E-state index contributed by atoms with van der Waals surface area (Å²) in [5, 5.41) is 14.6. The van der Waals surface area contributed by atoms with Gasteiger partial charge in [-0.15, -0.1) is 13.0 Å². The van der Waals surface area contributed by atoms with E-state index in [9.17, 15) is 19.5 Å². The monoisotopic (exact) mass is 558 g/mol. The first-order chi connectivity index (χ1) is 19.0. The smallest absolute Gasteiger partial charge is 0.506 e. The number of carbonyl (C=O) groups excluding carboxylic acids is 2. The minimum absolute atomic E-state index is 0.00572. The van der Waals surface area contributed by atoms with Crippen LogP contribution in [-0.2, 0) is 28.6 Å². The van der Waals surface area contributed by atoms with E-state index < -0.39 is 53.8 Å². The third-order valence-corrected chi connectivity index (χ3v) is 6.38. The summed E-state index contributed by atoms with van der Waals surface area (Å²) in [5.74, 6) is 1.87. The van der Waals surface area contributed by atoms with Crippen molar-refractivity contribution in [2.75, 3.05) is 13.7 Å². The predicted molar refractivity (Wildman–Crippen MR) is 136 cm³/mol. The van der Waals surface area contributed by atoms with Gasteiger partial charge in [0.1, 0.15) is 41.0 Å². The molecular formula is C26H26N2O12. The summed E-state index contributed by atoms with van der Waals surface area (Å²) in [6.45, 7) is 8.20. The molecule has 0 spiro atoms. The number of carbonyl (C=O) groups is 2. The molecule has 2 saturated heterocycles. The number of oxime groups is 1. The summed E-state index contributed by atoms with van der Waals surface area (Å²) in [6, 6.07) is 2.94. The lowest BCUT2D eigenvalue weighted by molar-refractivity contribution is -0.272. The van der Waals surface area contributed by atoms with E-state index in [-0.39, 0.29) is 34.6 Å². The van der Waals surface area contributed by atoms with Crippen LogP contribution in [0.2, 0.25) is 0 Å². The van der Waals surface area contributed by atoms with Crippen molar-refractivity contribution in [1.82, 2.24) is 5.48 Å². The largest absolute Gasteiger partial charge is 0.509 e. The van der Waals surface area contributed by atoms with Gasteiger partial charge in [0.25, 0.3) is 0 Å². The highest BCUT2D eigenvalue weighted by Gasteiger charge is 2.59. The molecule has 1 aromatic carbocycles. The van der Waals surface area contributed by atoms with Gasteiger partial charge >= 0.3 is 17.9 Å². The number of rotatable bonds is 8. The van der Waals surface area contributed by atoms with Gasteiger partial charge in [0.05, 0.1) is 11.1 Å². The van der Waals surface area contributed by atoms with Gasteiger partial charge in [-0.05, 0) is 32.9 Å². The number of hydroxylamine groups is 1. The molecule has 0 bridgehead atoms. The van der Waals surface area contributed by atoms with E-state index in [4.69, 9.17) is 34.5 Å². The van der Waals surface area contributed by atoms with Gasteiger partial charge in [0, 0.05) is 12.7 Å². The number of terminal acetylenes is 1. The maximum atomic E-state index is 12.8. The predicted octanol–water partition coefficient (Wildman–Crippen LogP) is 2.42. The number of hydrogen-bond acceptors (Lipinski definition) is 13. The van der Waals surface area contributed by atoms with Crippen LogP contribution < -0.4 is 15.8 Å². The van der Waals surface area contributed by atoms with Gasteiger partial charge in [-0.2, -0.15) is 5.48 Å². The van der Waals surface area contributed by atoms with Crippen LogP contribution in [0.4, 0.5) is 9.59 Å². The van der Waals surface area contributed by atoms with Crippen molar-refractivity contribution in [2.24, 2.45) is 5.16 Å². The highest BCUT2D eigenvalue weighted by Crippen LogP contribution is 2.41. The van der Waals surface area contributed by atoms with Crippen molar-refractivity contribution in [3.05, 3.63) is 46.3 Å². The van der Waals surface area contributed by atoms with Crippen LogP contribution >= 0.6 is 0 Å². The highest BCUT2D eigenvalue weighted by molar-refractivity contribution is 6.05. The second kappa shape index (κ2) is 11.3. The Balaban J connectivity index is 1.63. The number of fused-ring (bicyclic) bond motifs is 2. The number of nitrogens with zero attached hydrogens (tertiary/aromatic N) is 1. The molecule has 2 aromatic rings. The van der Waals surface area contributed by atoms with E-state index in [1.165, 1.54) is 32.2 Å². The topological polar surface area (TPSA) is 174 Å². The lowest BCUT2D eigenvalue weighted by atomic mass is 9.88. The van der Waals surface area contributed by atoms with E-state index in [1.54, 1.807) is 13.8 Å². The lowest BCUT2D eigenvalue weighted by Crippen LogP contribution is -2.63. The molecule has 2 aliphatic rings. The van der Waals surface area contributed by atoms with Gasteiger partial charge in [0.15, 0.2) is 6.10 Å². The van der Waals surface area contributed by atoms with Crippen LogP contribution in [0.3, 0.4) is 0 Å². The van der Waals surface area contributed by atoms with Crippen LogP contribution in [0.5, 0.6) is 11.5 Å². The summed E-state index contributed by atoms with van der Waals surface area (Å²) in [4.78, 5) is 45.5. The van der Waals surface area contributed by atoms with Crippen LogP contribution in [0.1, 0.15) is 25.0 Å². The van der Waals surface area contributed by atoms with Crippen molar-refractivity contribution in [3.63, 3.8) is 0 Å². The molecule has 14 heteroatoms. The molecule has 0 saturated carbocycles. The van der Waals surface area contributed by atoms with Crippen molar-refractivity contribution in [2.45, 2.75) is 51.0 Å². The number of amides is 1. The molecule has 5 atom stereocenters. The second-order valence-corrected chi connectivity index (χ2v) is 8.89. The van der Waals surface area contributed by atoms with Crippen LogP contribution in [-0.4, -0.2) is 67.0 Å². The minimum Gasteiger partial charge on any atom is -0.506 e. The Morgan fingerprint density at radius 2 is 2.05 bits per heavy atom. The molecule has 0 aliphatic carbocycles. The maximum Gasteiger partial charge on any atom is 0.509 e. The normalized spacial score (nSPS) is 25.8. The van der Waals surface area contributed by atoms with E-state index in [1.807, 2.05) is 5.48 Å². The molecular weight excluding hydrogens is 532 g/mol. The average Bonchev–Trinajstić information content (AvgIpc) is 3.30. The molecule has 2 aliphatic heterocycles. The van der Waals surface area contributed by atoms with Crippen molar-refractivity contribution in [3.8, 4) is 23.8 Å². The van der Waals surface area contributed by atoms with Crippen LogP contribution in [0.15, 0.2) is 39.2 Å². The fourth-order valence-corrected chi connectivity index (χ4v) is 4.41. The number of ether oxygens (including phenoxy) is 5. The Kier molecular flexibility index (Phi) is 8.01. The van der Waals surface area contributed by atoms with Gasteiger partial charge in [-0.3, -0.25) is 9.68 Å². The Hall–Kier alpha value is -4.58. The lowest BCUT2D eigenvalue weighted by Gasteiger charge is -2.45. The Bertz CT molecular complexity index is 1470. The molecule has 1 aromatic heterocycles. The van der Waals surface area contributed by atoms with E-state index in [0.29, 0.717) is 5.56 Å². The third kappa shape index (κ3) is 5.17. The quantitative estimate of drug-likeness (QED) is 0.0709. The molecule has 14 nitrogen and oxygen atoms in total. The Morgan fingerprint density at radius 3 is 2.73 bits per heavy atom. The molecule has 2 N–H and O–H groups in total. The Morgan fingerprint density at radius 1 is 1.32 bits per heavy atom. The molecule has 40 heavy (non-hydrogen) atoms. The van der Waals surface area contributed by atoms with Crippen molar-refractivity contribution >= 4 is 28.9 Å². The summed E-state index contributed by atoms with van der Waals surface area (Å²) in [5.41, 5.74) is -0.349. The third-order valence-electron chi connectivity index (χ3n) is 6.38. The standard InChI is InChI=1S/C26H26N2O12/c1-7-11-34-28-24(31)40-27-13(4)16-17(29)14-9-10-15(12(3)18(14)36-22(16)30)35-23-20-19(37-25(32)38-20)21(33-6)26(5,8-2)39-23/h1,8-10,19-21,23,29H,2,11H2,3-6H3,(H,28,31)/b27-13+/t19-,20+,21+,23+,26-/m0/s1. The minimum atomic E-state index is -1.15. The summed E-state index contributed by atoms with van der Waals surface area (Å²) in [7, 11) is 1.44. The summed E-state index contributed by atoms with van der Waals surface area (Å²) >= 11 is 0. The van der Waals surface area contributed by atoms with Gasteiger partial charge in [-0.25, -0.2) is 14.4 Å². The van der Waals surface area contributed by atoms with E-state index >= 15 is 0 Å². The summed E-state index contributed by atoms with van der Waals surface area (Å²) < 4.78 is 33.7. The zero-order chi connectivity index (χ0) is 29.2. The first-order valence-electron chi connectivity index (χ1n) is 11.8. The molecule has 1 amide bonds. The zero-order valence-corrected chi connectivity index (χ0v) is 21.9. The highest BCUT2D eigenvalue weighted by atomic mass is 16.8. The maximum absolute atomic E-state index is 12.8. The van der Waals surface area contributed by atoms with Crippen molar-refractivity contribution in [1.29, 1.82) is 0 Å². The molecule has 0 radical (unpaired) electrons. The molecule has 2 fully saturated rings.